The molecule has 1 fully saturated rings. The van der Waals surface area contributed by atoms with Crippen molar-refractivity contribution in [2.45, 2.75) is 19.5 Å². The Morgan fingerprint density at radius 2 is 1.71 bits per heavy atom. The first kappa shape index (κ1) is 23.4. The molecule has 1 N–H and O–H groups in total. The van der Waals surface area contributed by atoms with Crippen molar-refractivity contribution >= 4 is 29.1 Å². The first-order valence-electron chi connectivity index (χ1n) is 10.7. The van der Waals surface area contributed by atoms with E-state index in [1.165, 1.54) is 4.90 Å². The van der Waals surface area contributed by atoms with Crippen molar-refractivity contribution in [3.63, 3.8) is 0 Å². The molecular weight excluding hydrogens is 454 g/mol. The zero-order valence-electron chi connectivity index (χ0n) is 19.0. The fourth-order valence-electron chi connectivity index (χ4n) is 4.23. The minimum atomic E-state index is -0.802. The number of ether oxygens (including phenoxy) is 2. The monoisotopic (exact) mass is 477 g/mol. The summed E-state index contributed by atoms with van der Waals surface area (Å²) in [5.74, 6) is -0.452. The van der Waals surface area contributed by atoms with Crippen LogP contribution in [0.3, 0.4) is 0 Å². The molecule has 0 bridgehead atoms. The van der Waals surface area contributed by atoms with Crippen molar-refractivity contribution in [2.75, 3.05) is 14.2 Å². The molecule has 3 aromatic carbocycles. The Morgan fingerprint density at radius 1 is 1.00 bits per heavy atom. The van der Waals surface area contributed by atoms with Crippen molar-refractivity contribution in [1.82, 2.24) is 4.90 Å². The van der Waals surface area contributed by atoms with Crippen LogP contribution in [0.25, 0.3) is 5.76 Å². The number of methoxy groups -OCH3 is 2. The summed E-state index contributed by atoms with van der Waals surface area (Å²) < 4.78 is 10.7. The maximum atomic E-state index is 13.3. The molecule has 0 spiro atoms. The molecule has 1 heterocycles. The number of rotatable bonds is 6. The van der Waals surface area contributed by atoms with Gasteiger partial charge >= 0.3 is 0 Å². The Hall–Kier alpha value is -3.77. The van der Waals surface area contributed by atoms with E-state index in [0.717, 1.165) is 5.56 Å². The van der Waals surface area contributed by atoms with E-state index in [2.05, 4.69) is 0 Å². The van der Waals surface area contributed by atoms with Crippen molar-refractivity contribution in [3.8, 4) is 11.5 Å². The third-order valence-electron chi connectivity index (χ3n) is 5.95. The van der Waals surface area contributed by atoms with Crippen LogP contribution in [0, 0.1) is 6.92 Å². The van der Waals surface area contributed by atoms with Crippen molar-refractivity contribution in [3.05, 3.63) is 99.6 Å². The minimum absolute atomic E-state index is 0.0236. The van der Waals surface area contributed by atoms with Gasteiger partial charge in [-0.05, 0) is 54.4 Å². The summed E-state index contributed by atoms with van der Waals surface area (Å²) in [6, 6.07) is 18.5. The molecule has 3 aromatic rings. The van der Waals surface area contributed by atoms with Crippen LogP contribution in [-0.2, 0) is 16.1 Å². The lowest BCUT2D eigenvalue weighted by Crippen LogP contribution is -2.29. The van der Waals surface area contributed by atoms with E-state index in [4.69, 9.17) is 21.1 Å². The second-order valence-corrected chi connectivity index (χ2v) is 8.41. The number of amides is 1. The summed E-state index contributed by atoms with van der Waals surface area (Å²) in [4.78, 5) is 28.0. The van der Waals surface area contributed by atoms with Gasteiger partial charge in [-0.15, -0.1) is 0 Å². The molecule has 174 valence electrons. The Balaban J connectivity index is 1.88. The van der Waals surface area contributed by atoms with Gasteiger partial charge in [0.25, 0.3) is 11.7 Å². The number of aliphatic hydroxyl groups is 1. The number of para-hydroxylation sites is 1. The number of carbonyl (C=O) groups is 2. The fourth-order valence-corrected chi connectivity index (χ4v) is 4.35. The summed E-state index contributed by atoms with van der Waals surface area (Å²) in [5, 5.41) is 11.8. The Morgan fingerprint density at radius 3 is 2.35 bits per heavy atom. The molecule has 6 nitrogen and oxygen atoms in total. The molecule has 0 aliphatic carbocycles. The lowest BCUT2D eigenvalue weighted by molar-refractivity contribution is -0.140. The van der Waals surface area contributed by atoms with Crippen LogP contribution in [-0.4, -0.2) is 35.9 Å². The Bertz CT molecular complexity index is 1280. The number of halogens is 1. The van der Waals surface area contributed by atoms with E-state index in [9.17, 15) is 14.7 Å². The highest BCUT2D eigenvalue weighted by Gasteiger charge is 2.46. The van der Waals surface area contributed by atoms with Gasteiger partial charge in [-0.25, -0.2) is 0 Å². The summed E-state index contributed by atoms with van der Waals surface area (Å²) in [5.41, 5.74) is 2.59. The average Bonchev–Trinajstić information content (AvgIpc) is 3.09. The summed E-state index contributed by atoms with van der Waals surface area (Å²) in [7, 11) is 3.11. The highest BCUT2D eigenvalue weighted by Crippen LogP contribution is 2.41. The maximum Gasteiger partial charge on any atom is 0.295 e. The van der Waals surface area contributed by atoms with Gasteiger partial charge in [0.15, 0.2) is 0 Å². The second kappa shape index (κ2) is 9.61. The third kappa shape index (κ3) is 4.24. The predicted molar refractivity (Wildman–Crippen MR) is 130 cm³/mol. The third-order valence-corrected chi connectivity index (χ3v) is 6.20. The number of hydrogen-bond donors (Lipinski definition) is 1. The molecular formula is C27H24ClNO5. The molecule has 4 rings (SSSR count). The van der Waals surface area contributed by atoms with Gasteiger partial charge in [0, 0.05) is 16.1 Å². The topological polar surface area (TPSA) is 76.1 Å². The standard InChI is InChI=1S/C27H24ClNO5/c1-16-14-20(33-2)12-13-21(16)25(30)23-24(17-8-10-19(28)11-9-17)29(27(32)26(23)31)15-18-6-4-5-7-22(18)34-3/h4-14,24,30H,15H2,1-3H3/b25-23-. The highest BCUT2D eigenvalue weighted by atomic mass is 35.5. The van der Waals surface area contributed by atoms with E-state index in [0.29, 0.717) is 33.2 Å². The van der Waals surface area contributed by atoms with Crippen LogP contribution in [0.15, 0.2) is 72.3 Å². The fraction of sp³-hybridized carbons (Fsp3) is 0.185. The number of hydrogen-bond acceptors (Lipinski definition) is 5. The Labute approximate surface area is 203 Å². The average molecular weight is 478 g/mol. The normalized spacial score (nSPS) is 17.2. The van der Waals surface area contributed by atoms with E-state index >= 15 is 0 Å². The highest BCUT2D eigenvalue weighted by molar-refractivity contribution is 6.46. The smallest absolute Gasteiger partial charge is 0.295 e. The molecule has 1 aliphatic heterocycles. The number of likely N-dealkylation sites (tertiary alicyclic amines) is 1. The van der Waals surface area contributed by atoms with E-state index < -0.39 is 17.7 Å². The lowest BCUT2D eigenvalue weighted by atomic mass is 9.93. The van der Waals surface area contributed by atoms with E-state index in [1.807, 2.05) is 18.2 Å². The van der Waals surface area contributed by atoms with Gasteiger partial charge in [-0.3, -0.25) is 9.59 Å². The molecule has 34 heavy (non-hydrogen) atoms. The predicted octanol–water partition coefficient (Wildman–Crippen LogP) is 5.29. The van der Waals surface area contributed by atoms with Gasteiger partial charge in [0.1, 0.15) is 17.3 Å². The maximum absolute atomic E-state index is 13.3. The van der Waals surface area contributed by atoms with Crippen molar-refractivity contribution < 1.29 is 24.2 Å². The van der Waals surface area contributed by atoms with Crippen LogP contribution < -0.4 is 9.47 Å². The molecule has 0 saturated carbocycles. The minimum Gasteiger partial charge on any atom is -0.507 e. The first-order chi connectivity index (χ1) is 16.3. The summed E-state index contributed by atoms with van der Waals surface area (Å²) in [6.07, 6.45) is 0. The summed E-state index contributed by atoms with van der Waals surface area (Å²) >= 11 is 6.09. The lowest BCUT2D eigenvalue weighted by Gasteiger charge is -2.26. The molecule has 1 atom stereocenters. The molecule has 1 saturated heterocycles. The number of aliphatic hydroxyl groups excluding tert-OH is 1. The van der Waals surface area contributed by atoms with Crippen LogP contribution in [0.5, 0.6) is 11.5 Å². The number of Topliss-reactive ketones (excluding diaryl/α,β-unsaturated/α-hetero) is 1. The van der Waals surface area contributed by atoms with Crippen LogP contribution in [0.2, 0.25) is 5.02 Å². The van der Waals surface area contributed by atoms with E-state index in [-0.39, 0.29) is 17.9 Å². The van der Waals surface area contributed by atoms with E-state index in [1.54, 1.807) is 69.7 Å². The van der Waals surface area contributed by atoms with Crippen LogP contribution in [0.1, 0.15) is 28.3 Å². The SMILES string of the molecule is COc1ccc(/C(O)=C2/C(=O)C(=O)N(Cc3ccccc3OC)C2c2ccc(Cl)cc2)c(C)c1. The van der Waals surface area contributed by atoms with Gasteiger partial charge in [0.2, 0.25) is 0 Å². The number of nitrogens with zero attached hydrogens (tertiary/aromatic N) is 1. The van der Waals surface area contributed by atoms with Crippen LogP contribution in [0.4, 0.5) is 0 Å². The number of aryl methyl sites for hydroxylation is 1. The second-order valence-electron chi connectivity index (χ2n) is 7.97. The largest absolute Gasteiger partial charge is 0.507 e. The number of ketones is 1. The van der Waals surface area contributed by atoms with Gasteiger partial charge < -0.3 is 19.5 Å². The molecule has 0 aromatic heterocycles. The van der Waals surface area contributed by atoms with Gasteiger partial charge in [-0.2, -0.15) is 0 Å². The molecule has 0 radical (unpaired) electrons. The van der Waals surface area contributed by atoms with Gasteiger partial charge in [-0.1, -0.05) is 41.9 Å². The van der Waals surface area contributed by atoms with Crippen molar-refractivity contribution in [1.29, 1.82) is 0 Å². The van der Waals surface area contributed by atoms with Crippen LogP contribution >= 0.6 is 11.6 Å². The number of carbonyl (C=O) groups excluding carboxylic acids is 2. The molecule has 1 unspecified atom stereocenters. The summed E-state index contributed by atoms with van der Waals surface area (Å²) in [6.45, 7) is 1.93. The quantitative estimate of drug-likeness (QED) is 0.296. The molecule has 7 heteroatoms. The van der Waals surface area contributed by atoms with Crippen molar-refractivity contribution in [2.24, 2.45) is 0 Å². The Kier molecular flexibility index (Phi) is 6.61. The van der Waals surface area contributed by atoms with Gasteiger partial charge in [0.05, 0.1) is 32.4 Å². The number of benzene rings is 3. The zero-order chi connectivity index (χ0) is 24.4. The zero-order valence-corrected chi connectivity index (χ0v) is 19.8. The first-order valence-corrected chi connectivity index (χ1v) is 11.0. The molecule has 1 amide bonds. The molecule has 1 aliphatic rings.